The zero-order valence-corrected chi connectivity index (χ0v) is 9.61. The number of carboxylic acids is 1. The van der Waals surface area contributed by atoms with Gasteiger partial charge in [0, 0.05) is 20.2 Å². The highest BCUT2D eigenvalue weighted by Crippen LogP contribution is 2.18. The molecule has 4 heteroatoms. The minimum absolute atomic E-state index is 0.216. The predicted molar refractivity (Wildman–Crippen MR) is 57.9 cm³/mol. The van der Waals surface area contributed by atoms with E-state index in [1.165, 1.54) is 0 Å². The van der Waals surface area contributed by atoms with Crippen LogP contribution < -0.4 is 0 Å². The number of unbranched alkanes of at least 4 members (excludes halogenated alkanes) is 1. The lowest BCUT2D eigenvalue weighted by Crippen LogP contribution is -2.40. The number of nitrogens with zero attached hydrogens (tertiary/aromatic N) is 1. The van der Waals surface area contributed by atoms with Crippen molar-refractivity contribution >= 4 is 5.97 Å². The molecule has 0 bridgehead atoms. The van der Waals surface area contributed by atoms with Gasteiger partial charge in [0.15, 0.2) is 0 Å². The average Bonchev–Trinajstić information content (AvgIpc) is 2.66. The van der Waals surface area contributed by atoms with Crippen LogP contribution in [0.25, 0.3) is 0 Å². The van der Waals surface area contributed by atoms with Gasteiger partial charge in [0.05, 0.1) is 6.10 Å². The second-order valence-electron chi connectivity index (χ2n) is 4.14. The molecule has 1 rings (SSSR count). The molecule has 0 spiro atoms. The van der Waals surface area contributed by atoms with Gasteiger partial charge in [0.1, 0.15) is 6.04 Å². The molecule has 0 aromatic heterocycles. The number of likely N-dealkylation sites (tertiary alicyclic amines) is 1. The summed E-state index contributed by atoms with van der Waals surface area (Å²) in [6.07, 6.45) is 3.94. The van der Waals surface area contributed by atoms with E-state index < -0.39 is 5.97 Å². The maximum Gasteiger partial charge on any atom is 0.320 e. The molecule has 1 N–H and O–H groups in total. The highest BCUT2D eigenvalue weighted by atomic mass is 16.5. The molecule has 1 fully saturated rings. The first-order valence-electron chi connectivity index (χ1n) is 5.68. The minimum Gasteiger partial charge on any atom is -0.480 e. The van der Waals surface area contributed by atoms with Gasteiger partial charge in [-0.15, -0.1) is 0 Å². The molecule has 1 saturated heterocycles. The maximum absolute atomic E-state index is 11.1. The second-order valence-corrected chi connectivity index (χ2v) is 4.14. The normalized spacial score (nSPS) is 24.3. The monoisotopic (exact) mass is 215 g/mol. The lowest BCUT2D eigenvalue weighted by Gasteiger charge is -2.23. The molecule has 0 saturated carbocycles. The Morgan fingerprint density at radius 2 is 2.40 bits per heavy atom. The van der Waals surface area contributed by atoms with E-state index in [4.69, 9.17) is 9.84 Å². The van der Waals surface area contributed by atoms with Crippen molar-refractivity contribution in [1.29, 1.82) is 0 Å². The number of aliphatic carboxylic acids is 1. The van der Waals surface area contributed by atoms with Crippen molar-refractivity contribution < 1.29 is 14.6 Å². The van der Waals surface area contributed by atoms with Crippen LogP contribution in [0.1, 0.15) is 32.6 Å². The van der Waals surface area contributed by atoms with E-state index in [-0.39, 0.29) is 12.1 Å². The smallest absolute Gasteiger partial charge is 0.320 e. The highest BCUT2D eigenvalue weighted by Gasteiger charge is 2.31. The van der Waals surface area contributed by atoms with Crippen LogP contribution in [0.3, 0.4) is 0 Å². The number of methoxy groups -OCH3 is 1. The molecule has 1 aliphatic rings. The van der Waals surface area contributed by atoms with Gasteiger partial charge in [0.2, 0.25) is 0 Å². The predicted octanol–water partition coefficient (Wildman–Crippen LogP) is 1.35. The molecular weight excluding hydrogens is 194 g/mol. The first-order chi connectivity index (χ1) is 7.19. The van der Waals surface area contributed by atoms with Crippen molar-refractivity contribution in [3.8, 4) is 0 Å². The summed E-state index contributed by atoms with van der Waals surface area (Å²) in [6.45, 7) is 3.69. The van der Waals surface area contributed by atoms with Crippen LogP contribution in [-0.2, 0) is 9.53 Å². The zero-order valence-electron chi connectivity index (χ0n) is 9.61. The van der Waals surface area contributed by atoms with Gasteiger partial charge in [-0.25, -0.2) is 0 Å². The Labute approximate surface area is 91.2 Å². The van der Waals surface area contributed by atoms with Crippen molar-refractivity contribution in [2.45, 2.75) is 44.8 Å². The van der Waals surface area contributed by atoms with Crippen molar-refractivity contribution in [2.24, 2.45) is 0 Å². The van der Waals surface area contributed by atoms with E-state index in [0.29, 0.717) is 0 Å². The molecule has 88 valence electrons. The van der Waals surface area contributed by atoms with E-state index in [1.54, 1.807) is 7.11 Å². The maximum atomic E-state index is 11.1. The van der Waals surface area contributed by atoms with E-state index in [2.05, 4.69) is 6.92 Å². The van der Waals surface area contributed by atoms with Gasteiger partial charge in [0.25, 0.3) is 0 Å². The minimum atomic E-state index is -0.694. The Morgan fingerprint density at radius 3 is 2.87 bits per heavy atom. The molecule has 0 radical (unpaired) electrons. The van der Waals surface area contributed by atoms with Crippen LogP contribution in [0, 0.1) is 0 Å². The van der Waals surface area contributed by atoms with Crippen LogP contribution in [0.5, 0.6) is 0 Å². The Morgan fingerprint density at radius 1 is 1.67 bits per heavy atom. The largest absolute Gasteiger partial charge is 0.480 e. The fraction of sp³-hybridized carbons (Fsp3) is 0.909. The molecular formula is C11H21NO3. The van der Waals surface area contributed by atoms with Crippen molar-refractivity contribution in [3.05, 3.63) is 0 Å². The van der Waals surface area contributed by atoms with Gasteiger partial charge < -0.3 is 9.84 Å². The number of rotatable bonds is 6. The van der Waals surface area contributed by atoms with E-state index in [9.17, 15) is 4.79 Å². The van der Waals surface area contributed by atoms with E-state index >= 15 is 0 Å². The van der Waals surface area contributed by atoms with Crippen LogP contribution in [-0.4, -0.2) is 48.3 Å². The molecule has 0 amide bonds. The Bertz CT molecular complexity index is 208. The van der Waals surface area contributed by atoms with Crippen molar-refractivity contribution in [3.63, 3.8) is 0 Å². The molecule has 15 heavy (non-hydrogen) atoms. The quantitative estimate of drug-likeness (QED) is 0.726. The number of hydrogen-bond acceptors (Lipinski definition) is 3. The summed E-state index contributed by atoms with van der Waals surface area (Å²) in [6, 6.07) is -0.315. The number of carbonyl (C=O) groups is 1. The van der Waals surface area contributed by atoms with Crippen LogP contribution >= 0.6 is 0 Å². The molecule has 1 heterocycles. The third-order valence-corrected chi connectivity index (χ3v) is 3.07. The third-order valence-electron chi connectivity index (χ3n) is 3.07. The zero-order chi connectivity index (χ0) is 11.3. The third kappa shape index (κ3) is 3.47. The molecule has 4 nitrogen and oxygen atoms in total. The molecule has 2 atom stereocenters. The van der Waals surface area contributed by atoms with Crippen molar-refractivity contribution in [2.75, 3.05) is 20.2 Å². The summed E-state index contributed by atoms with van der Waals surface area (Å²) >= 11 is 0. The molecule has 0 aliphatic carbocycles. The Balaban J connectivity index is 2.46. The van der Waals surface area contributed by atoms with Crippen LogP contribution in [0.4, 0.5) is 0 Å². The summed E-state index contributed by atoms with van der Waals surface area (Å²) < 4.78 is 5.24. The number of carboxylic acid groups (broad SMARTS) is 1. The summed E-state index contributed by atoms with van der Waals surface area (Å²) in [5, 5.41) is 9.14. The lowest BCUT2D eigenvalue weighted by molar-refractivity contribution is -0.143. The number of ether oxygens (including phenoxy) is 1. The van der Waals surface area contributed by atoms with Gasteiger partial charge in [-0.05, 0) is 12.8 Å². The van der Waals surface area contributed by atoms with E-state index in [0.717, 1.165) is 38.8 Å². The summed E-state index contributed by atoms with van der Waals surface area (Å²) in [7, 11) is 1.69. The Kier molecular flexibility index (Phi) is 5.05. The average molecular weight is 215 g/mol. The summed E-state index contributed by atoms with van der Waals surface area (Å²) in [5.74, 6) is -0.694. The van der Waals surface area contributed by atoms with Crippen molar-refractivity contribution in [1.82, 2.24) is 4.90 Å². The number of hydrogen-bond donors (Lipinski definition) is 1. The lowest BCUT2D eigenvalue weighted by atomic mass is 10.1. The molecule has 0 aromatic carbocycles. The van der Waals surface area contributed by atoms with Gasteiger partial charge in [-0.2, -0.15) is 0 Å². The van der Waals surface area contributed by atoms with E-state index in [1.807, 2.05) is 4.90 Å². The van der Waals surface area contributed by atoms with Crippen LogP contribution in [0.15, 0.2) is 0 Å². The molecule has 1 aliphatic heterocycles. The summed E-state index contributed by atoms with van der Waals surface area (Å²) in [4.78, 5) is 13.1. The first-order valence-corrected chi connectivity index (χ1v) is 5.68. The van der Waals surface area contributed by atoms with Gasteiger partial charge in [-0.3, -0.25) is 9.69 Å². The highest BCUT2D eigenvalue weighted by molar-refractivity contribution is 5.73. The first kappa shape index (κ1) is 12.5. The SMILES string of the molecule is CCCCC(C(=O)O)N1CCC(OC)C1. The Hall–Kier alpha value is -0.610. The fourth-order valence-corrected chi connectivity index (χ4v) is 2.09. The molecule has 2 unspecified atom stereocenters. The standard InChI is InChI=1S/C11H21NO3/c1-3-4-5-10(11(13)14)12-7-6-9(8-12)15-2/h9-10H,3-8H2,1-2H3,(H,13,14). The van der Waals surface area contributed by atoms with Crippen LogP contribution in [0.2, 0.25) is 0 Å². The fourth-order valence-electron chi connectivity index (χ4n) is 2.09. The topological polar surface area (TPSA) is 49.8 Å². The van der Waals surface area contributed by atoms with Gasteiger partial charge >= 0.3 is 5.97 Å². The summed E-state index contributed by atoms with van der Waals surface area (Å²) in [5.41, 5.74) is 0. The second kappa shape index (κ2) is 6.08. The van der Waals surface area contributed by atoms with Gasteiger partial charge in [-0.1, -0.05) is 19.8 Å². The molecule has 0 aromatic rings.